The Morgan fingerprint density at radius 2 is 1.08 bits per heavy atom. The lowest BCUT2D eigenvalue weighted by molar-refractivity contribution is -0.131. The van der Waals surface area contributed by atoms with Crippen LogP contribution in [0.2, 0.25) is 0 Å². The van der Waals surface area contributed by atoms with E-state index in [4.69, 9.17) is 0 Å². The molecule has 0 radical (unpaired) electrons. The molecule has 3 unspecified atom stereocenters. The van der Waals surface area contributed by atoms with Crippen LogP contribution in [0.15, 0.2) is 48.6 Å². The minimum Gasteiger partial charge on any atom is -0.394 e. The molecule has 0 aliphatic rings. The molecule has 0 saturated carbocycles. The number of hydrogen-bond acceptors (Lipinski definition) is 4. The summed E-state index contributed by atoms with van der Waals surface area (Å²) in [4.78, 5) is 12.3. The largest absolute Gasteiger partial charge is 0.394 e. The van der Waals surface area contributed by atoms with Gasteiger partial charge in [0.25, 0.3) is 0 Å². The lowest BCUT2D eigenvalue weighted by Gasteiger charge is -2.21. The first kappa shape index (κ1) is 37.3. The molecule has 0 aliphatic heterocycles. The average Bonchev–Trinajstić information content (AvgIpc) is 2.94. The van der Waals surface area contributed by atoms with Crippen molar-refractivity contribution in [3.05, 3.63) is 48.6 Å². The summed E-state index contributed by atoms with van der Waals surface area (Å²) in [5.74, 6) is -0.537. The molecule has 0 saturated heterocycles. The first-order valence-corrected chi connectivity index (χ1v) is 16.0. The van der Waals surface area contributed by atoms with Crippen molar-refractivity contribution in [2.24, 2.45) is 0 Å². The van der Waals surface area contributed by atoms with E-state index in [1.807, 2.05) is 6.08 Å². The number of hydrogen-bond donors (Lipinski definition) is 4. The molecule has 0 aliphatic carbocycles. The zero-order valence-corrected chi connectivity index (χ0v) is 25.2. The predicted octanol–water partition coefficient (Wildman–Crippen LogP) is 7.86. The van der Waals surface area contributed by atoms with Gasteiger partial charge in [-0.3, -0.25) is 4.79 Å². The van der Waals surface area contributed by atoms with E-state index in [-0.39, 0.29) is 6.61 Å². The van der Waals surface area contributed by atoms with Crippen LogP contribution in [0.4, 0.5) is 0 Å². The SMILES string of the molecule is CCCC/C=C\CCCCCC(O)C(=O)NC(CO)C(O)/C=C/CC/C=C/CC/C=C/CCCCCCCC. The summed E-state index contributed by atoms with van der Waals surface area (Å²) in [6.45, 7) is 4.05. The molecule has 0 aromatic rings. The number of carbonyl (C=O) groups is 1. The first-order valence-electron chi connectivity index (χ1n) is 16.0. The molecule has 0 bridgehead atoms. The van der Waals surface area contributed by atoms with Crippen molar-refractivity contribution >= 4 is 5.91 Å². The highest BCUT2D eigenvalue weighted by Gasteiger charge is 2.22. The second kappa shape index (κ2) is 29.3. The quantitative estimate of drug-likeness (QED) is 0.0622. The maximum atomic E-state index is 12.3. The van der Waals surface area contributed by atoms with E-state index in [9.17, 15) is 20.1 Å². The number of carbonyl (C=O) groups excluding carboxylic acids is 1. The fourth-order valence-electron chi connectivity index (χ4n) is 4.25. The van der Waals surface area contributed by atoms with E-state index in [0.717, 1.165) is 57.8 Å². The van der Waals surface area contributed by atoms with Gasteiger partial charge in [0.1, 0.15) is 6.10 Å². The average molecular weight is 548 g/mol. The van der Waals surface area contributed by atoms with Gasteiger partial charge >= 0.3 is 0 Å². The van der Waals surface area contributed by atoms with Crippen molar-refractivity contribution in [2.45, 2.75) is 154 Å². The fraction of sp³-hybridized carbons (Fsp3) is 0.735. The van der Waals surface area contributed by atoms with Gasteiger partial charge in [-0.15, -0.1) is 0 Å². The minimum absolute atomic E-state index is 0.386. The van der Waals surface area contributed by atoms with Gasteiger partial charge in [-0.05, 0) is 64.2 Å². The van der Waals surface area contributed by atoms with Crippen molar-refractivity contribution < 1.29 is 20.1 Å². The summed E-state index contributed by atoms with van der Waals surface area (Å²) in [6, 6.07) is -0.824. The van der Waals surface area contributed by atoms with Crippen LogP contribution in [0.3, 0.4) is 0 Å². The molecule has 0 aromatic carbocycles. The summed E-state index contributed by atoms with van der Waals surface area (Å²) in [6.07, 6.45) is 35.5. The topological polar surface area (TPSA) is 89.8 Å². The molecule has 5 nitrogen and oxygen atoms in total. The van der Waals surface area contributed by atoms with E-state index in [1.54, 1.807) is 6.08 Å². The van der Waals surface area contributed by atoms with Crippen LogP contribution in [0.5, 0.6) is 0 Å². The molecule has 4 N–H and O–H groups in total. The van der Waals surface area contributed by atoms with Gasteiger partial charge < -0.3 is 20.6 Å². The van der Waals surface area contributed by atoms with E-state index < -0.39 is 24.2 Å². The van der Waals surface area contributed by atoms with E-state index >= 15 is 0 Å². The maximum Gasteiger partial charge on any atom is 0.249 e. The Balaban J connectivity index is 3.93. The highest BCUT2D eigenvalue weighted by molar-refractivity contribution is 5.80. The van der Waals surface area contributed by atoms with Crippen LogP contribution in [0.1, 0.15) is 136 Å². The van der Waals surface area contributed by atoms with Gasteiger partial charge in [0.15, 0.2) is 0 Å². The van der Waals surface area contributed by atoms with Crippen molar-refractivity contribution in [1.82, 2.24) is 5.32 Å². The van der Waals surface area contributed by atoms with Crippen LogP contribution in [-0.4, -0.2) is 46.1 Å². The molecule has 1 amide bonds. The fourth-order valence-corrected chi connectivity index (χ4v) is 4.25. The Bertz CT molecular complexity index is 656. The summed E-state index contributed by atoms with van der Waals surface area (Å²) < 4.78 is 0. The third-order valence-electron chi connectivity index (χ3n) is 6.87. The molecule has 0 spiro atoms. The number of aliphatic hydroxyl groups is 3. The Labute approximate surface area is 240 Å². The second-order valence-corrected chi connectivity index (χ2v) is 10.6. The lowest BCUT2D eigenvalue weighted by atomic mass is 10.1. The number of rotatable bonds is 27. The Morgan fingerprint density at radius 3 is 1.64 bits per heavy atom. The van der Waals surface area contributed by atoms with Crippen molar-refractivity contribution in [3.8, 4) is 0 Å². The lowest BCUT2D eigenvalue weighted by Crippen LogP contribution is -2.48. The van der Waals surface area contributed by atoms with Gasteiger partial charge in [-0.2, -0.15) is 0 Å². The number of nitrogens with one attached hydrogen (secondary N) is 1. The summed E-state index contributed by atoms with van der Waals surface area (Å²) in [5.41, 5.74) is 0. The summed E-state index contributed by atoms with van der Waals surface area (Å²) in [5, 5.41) is 32.7. The van der Waals surface area contributed by atoms with E-state index in [2.05, 4.69) is 55.6 Å². The molecule has 226 valence electrons. The molecule has 0 heterocycles. The van der Waals surface area contributed by atoms with Crippen LogP contribution in [0, 0.1) is 0 Å². The Hall–Kier alpha value is -1.69. The summed E-state index contributed by atoms with van der Waals surface area (Å²) in [7, 11) is 0. The zero-order valence-electron chi connectivity index (χ0n) is 25.2. The molecular weight excluding hydrogens is 486 g/mol. The smallest absolute Gasteiger partial charge is 0.249 e. The number of amides is 1. The molecule has 39 heavy (non-hydrogen) atoms. The Morgan fingerprint density at radius 1 is 0.615 bits per heavy atom. The first-order chi connectivity index (χ1) is 19.1. The van der Waals surface area contributed by atoms with Crippen LogP contribution < -0.4 is 5.32 Å². The number of allylic oxidation sites excluding steroid dienone is 7. The standard InChI is InChI=1S/C34H61NO4/c1-3-5-7-9-11-13-14-15-16-17-18-19-21-22-24-26-28-32(37)31(30-36)35-34(39)33(38)29-27-25-23-20-12-10-8-6-4-2/h10,12,15-16,19,21,26,28,31-33,36-38H,3-9,11,13-14,17-18,20,22-25,27,29-30H2,1-2H3,(H,35,39)/b12-10-,16-15+,21-19+,28-26+. The van der Waals surface area contributed by atoms with Gasteiger partial charge in [-0.25, -0.2) is 0 Å². The molecule has 5 heteroatoms. The highest BCUT2D eigenvalue weighted by Crippen LogP contribution is 2.09. The molecule has 0 aromatic heterocycles. The molecule has 0 rings (SSSR count). The minimum atomic E-state index is -1.12. The van der Waals surface area contributed by atoms with Gasteiger partial charge in [-0.1, -0.05) is 120 Å². The van der Waals surface area contributed by atoms with Crippen molar-refractivity contribution in [1.29, 1.82) is 0 Å². The van der Waals surface area contributed by atoms with Gasteiger partial charge in [0.05, 0.1) is 18.8 Å². The van der Waals surface area contributed by atoms with E-state index in [1.165, 1.54) is 57.8 Å². The molecule has 0 fully saturated rings. The monoisotopic (exact) mass is 547 g/mol. The zero-order chi connectivity index (χ0) is 28.8. The van der Waals surface area contributed by atoms with Crippen LogP contribution in [0.25, 0.3) is 0 Å². The highest BCUT2D eigenvalue weighted by atomic mass is 16.3. The summed E-state index contributed by atoms with van der Waals surface area (Å²) >= 11 is 0. The van der Waals surface area contributed by atoms with Crippen molar-refractivity contribution in [2.75, 3.05) is 6.61 Å². The van der Waals surface area contributed by atoms with Gasteiger partial charge in [0.2, 0.25) is 5.91 Å². The van der Waals surface area contributed by atoms with Crippen LogP contribution in [-0.2, 0) is 4.79 Å². The van der Waals surface area contributed by atoms with Crippen LogP contribution >= 0.6 is 0 Å². The number of aliphatic hydroxyl groups excluding tert-OH is 3. The van der Waals surface area contributed by atoms with Gasteiger partial charge in [0, 0.05) is 0 Å². The third-order valence-corrected chi connectivity index (χ3v) is 6.87. The normalized spacial score (nSPS) is 14.7. The van der Waals surface area contributed by atoms with Crippen molar-refractivity contribution in [3.63, 3.8) is 0 Å². The third kappa shape index (κ3) is 25.0. The molecule has 3 atom stereocenters. The number of unbranched alkanes of at least 4 members (excludes halogenated alkanes) is 13. The second-order valence-electron chi connectivity index (χ2n) is 10.6. The molecular formula is C34H61NO4. The maximum absolute atomic E-state index is 12.3. The van der Waals surface area contributed by atoms with E-state index in [0.29, 0.717) is 6.42 Å². The Kier molecular flexibility index (Phi) is 28.0. The predicted molar refractivity (Wildman–Crippen MR) is 167 cm³/mol.